The molecule has 1 aromatic carbocycles. The summed E-state index contributed by atoms with van der Waals surface area (Å²) in [5.74, 6) is 1.65. The number of rotatable bonds is 6. The molecule has 2 atom stereocenters. The standard InChI is InChI=1S/C14H19NO2S/c1-16-14(17-2)11-12(15)13(11)18-9-8-10-6-4-3-5-7-10/h3-7,12-13H,8-9,15H2,1-2H3. The van der Waals surface area contributed by atoms with Crippen molar-refractivity contribution in [2.24, 2.45) is 5.73 Å². The number of aryl methyl sites for hydroxylation is 1. The van der Waals surface area contributed by atoms with E-state index < -0.39 is 0 Å². The Morgan fingerprint density at radius 3 is 2.50 bits per heavy atom. The summed E-state index contributed by atoms with van der Waals surface area (Å²) in [6.45, 7) is 0. The third-order valence-corrected chi connectivity index (χ3v) is 4.37. The van der Waals surface area contributed by atoms with Crippen molar-refractivity contribution < 1.29 is 9.47 Å². The summed E-state index contributed by atoms with van der Waals surface area (Å²) in [5.41, 5.74) is 8.46. The topological polar surface area (TPSA) is 44.5 Å². The fraction of sp³-hybridized carbons (Fsp3) is 0.429. The van der Waals surface area contributed by atoms with E-state index in [4.69, 9.17) is 15.2 Å². The molecular weight excluding hydrogens is 246 g/mol. The Kier molecular flexibility index (Phi) is 4.55. The molecular formula is C14H19NO2S. The number of thioether (sulfide) groups is 1. The van der Waals surface area contributed by atoms with Crippen molar-refractivity contribution >= 4 is 11.8 Å². The summed E-state index contributed by atoms with van der Waals surface area (Å²) < 4.78 is 10.3. The second-order valence-electron chi connectivity index (χ2n) is 4.20. The van der Waals surface area contributed by atoms with E-state index in [0.29, 0.717) is 11.2 Å². The molecule has 2 unspecified atom stereocenters. The van der Waals surface area contributed by atoms with Gasteiger partial charge in [0.2, 0.25) is 0 Å². The minimum absolute atomic E-state index is 0.0840. The van der Waals surface area contributed by atoms with Crippen molar-refractivity contribution in [1.29, 1.82) is 0 Å². The molecule has 0 aliphatic heterocycles. The molecule has 0 spiro atoms. The largest absolute Gasteiger partial charge is 0.469 e. The zero-order chi connectivity index (χ0) is 13.0. The molecule has 4 heteroatoms. The van der Waals surface area contributed by atoms with Gasteiger partial charge in [-0.3, -0.25) is 0 Å². The van der Waals surface area contributed by atoms with Crippen molar-refractivity contribution in [2.75, 3.05) is 20.0 Å². The molecule has 0 heterocycles. The van der Waals surface area contributed by atoms with E-state index in [1.807, 2.05) is 17.8 Å². The molecule has 1 aromatic rings. The van der Waals surface area contributed by atoms with Crippen LogP contribution in [-0.2, 0) is 15.9 Å². The van der Waals surface area contributed by atoms with Gasteiger partial charge < -0.3 is 15.2 Å². The van der Waals surface area contributed by atoms with Crippen LogP contribution in [0.4, 0.5) is 0 Å². The van der Waals surface area contributed by atoms with Gasteiger partial charge in [-0.15, -0.1) is 0 Å². The van der Waals surface area contributed by atoms with Gasteiger partial charge in [0.1, 0.15) is 0 Å². The average molecular weight is 265 g/mol. The molecule has 2 rings (SSSR count). The zero-order valence-corrected chi connectivity index (χ0v) is 11.6. The molecule has 1 aliphatic carbocycles. The van der Waals surface area contributed by atoms with Gasteiger partial charge in [0.25, 0.3) is 5.95 Å². The zero-order valence-electron chi connectivity index (χ0n) is 10.8. The second-order valence-corrected chi connectivity index (χ2v) is 5.45. The molecule has 18 heavy (non-hydrogen) atoms. The van der Waals surface area contributed by atoms with Gasteiger partial charge in [0.15, 0.2) is 0 Å². The minimum atomic E-state index is 0.0840. The Bertz CT molecular complexity index is 413. The van der Waals surface area contributed by atoms with Gasteiger partial charge in [-0.05, 0) is 17.7 Å². The predicted molar refractivity (Wildman–Crippen MR) is 75.4 cm³/mol. The highest BCUT2D eigenvalue weighted by atomic mass is 32.2. The van der Waals surface area contributed by atoms with E-state index in [0.717, 1.165) is 17.7 Å². The Morgan fingerprint density at radius 1 is 1.22 bits per heavy atom. The van der Waals surface area contributed by atoms with Crippen LogP contribution in [0.2, 0.25) is 0 Å². The van der Waals surface area contributed by atoms with Crippen LogP contribution in [0, 0.1) is 0 Å². The van der Waals surface area contributed by atoms with E-state index in [1.54, 1.807) is 14.2 Å². The Labute approximate surface area is 112 Å². The molecule has 98 valence electrons. The second kappa shape index (κ2) is 6.16. The van der Waals surface area contributed by atoms with Crippen molar-refractivity contribution in [2.45, 2.75) is 17.7 Å². The van der Waals surface area contributed by atoms with Crippen LogP contribution >= 0.6 is 11.8 Å². The smallest absolute Gasteiger partial charge is 0.280 e. The first kappa shape index (κ1) is 13.3. The number of ether oxygens (including phenoxy) is 2. The number of methoxy groups -OCH3 is 2. The maximum Gasteiger partial charge on any atom is 0.280 e. The van der Waals surface area contributed by atoms with Crippen molar-refractivity contribution in [3.63, 3.8) is 0 Å². The highest BCUT2D eigenvalue weighted by Gasteiger charge is 2.46. The molecule has 0 bridgehead atoms. The molecule has 0 amide bonds. The lowest BCUT2D eigenvalue weighted by Crippen LogP contribution is -2.04. The Hall–Kier alpha value is -1.13. The molecule has 0 radical (unpaired) electrons. The lowest BCUT2D eigenvalue weighted by molar-refractivity contribution is 0.0932. The van der Waals surface area contributed by atoms with Crippen LogP contribution in [0.15, 0.2) is 41.9 Å². The number of hydrogen-bond donors (Lipinski definition) is 1. The summed E-state index contributed by atoms with van der Waals surface area (Å²) in [7, 11) is 3.23. The summed E-state index contributed by atoms with van der Waals surface area (Å²) in [5, 5.41) is 0.351. The summed E-state index contributed by atoms with van der Waals surface area (Å²) in [6.07, 6.45) is 1.07. The molecule has 0 saturated heterocycles. The summed E-state index contributed by atoms with van der Waals surface area (Å²) >= 11 is 1.87. The van der Waals surface area contributed by atoms with Crippen molar-refractivity contribution in [3.05, 3.63) is 47.4 Å². The average Bonchev–Trinajstić information content (AvgIpc) is 3.03. The summed E-state index contributed by atoms with van der Waals surface area (Å²) in [6, 6.07) is 10.6. The van der Waals surface area contributed by atoms with Crippen LogP contribution in [0.5, 0.6) is 0 Å². The van der Waals surface area contributed by atoms with Gasteiger partial charge >= 0.3 is 0 Å². The highest BCUT2D eigenvalue weighted by molar-refractivity contribution is 8.00. The van der Waals surface area contributed by atoms with Crippen LogP contribution in [-0.4, -0.2) is 31.3 Å². The van der Waals surface area contributed by atoms with Crippen molar-refractivity contribution in [1.82, 2.24) is 0 Å². The summed E-state index contributed by atoms with van der Waals surface area (Å²) in [4.78, 5) is 0. The lowest BCUT2D eigenvalue weighted by Gasteiger charge is -2.02. The lowest BCUT2D eigenvalue weighted by atomic mass is 10.2. The Morgan fingerprint density at radius 2 is 1.89 bits per heavy atom. The van der Waals surface area contributed by atoms with Gasteiger partial charge in [-0.1, -0.05) is 30.3 Å². The van der Waals surface area contributed by atoms with Gasteiger partial charge in [-0.25, -0.2) is 0 Å². The third kappa shape index (κ3) is 3.00. The van der Waals surface area contributed by atoms with E-state index in [9.17, 15) is 0 Å². The molecule has 1 saturated carbocycles. The molecule has 3 nitrogen and oxygen atoms in total. The van der Waals surface area contributed by atoms with E-state index in [-0.39, 0.29) is 6.04 Å². The minimum Gasteiger partial charge on any atom is -0.469 e. The van der Waals surface area contributed by atoms with E-state index in [2.05, 4.69) is 24.3 Å². The first-order valence-electron chi connectivity index (χ1n) is 6.01. The van der Waals surface area contributed by atoms with Gasteiger partial charge in [0, 0.05) is 5.57 Å². The third-order valence-electron chi connectivity index (χ3n) is 3.02. The molecule has 1 fully saturated rings. The molecule has 0 aromatic heterocycles. The van der Waals surface area contributed by atoms with Crippen LogP contribution < -0.4 is 5.73 Å². The fourth-order valence-electron chi connectivity index (χ4n) is 1.97. The van der Waals surface area contributed by atoms with Crippen LogP contribution in [0.3, 0.4) is 0 Å². The van der Waals surface area contributed by atoms with Crippen LogP contribution in [0.1, 0.15) is 5.56 Å². The Balaban J connectivity index is 1.81. The van der Waals surface area contributed by atoms with Gasteiger partial charge in [0.05, 0.1) is 25.5 Å². The number of hydrogen-bond acceptors (Lipinski definition) is 4. The number of benzene rings is 1. The number of nitrogens with two attached hydrogens (primary N) is 1. The molecule has 2 N–H and O–H groups in total. The quantitative estimate of drug-likeness (QED) is 0.801. The SMILES string of the molecule is COC(OC)=C1C(N)C1SCCc1ccccc1. The van der Waals surface area contributed by atoms with Crippen LogP contribution in [0.25, 0.3) is 0 Å². The normalized spacial score (nSPS) is 21.6. The van der Waals surface area contributed by atoms with Crippen molar-refractivity contribution in [3.8, 4) is 0 Å². The monoisotopic (exact) mass is 265 g/mol. The maximum absolute atomic E-state index is 6.00. The first-order chi connectivity index (χ1) is 8.77. The van der Waals surface area contributed by atoms with Gasteiger partial charge in [-0.2, -0.15) is 11.8 Å². The fourth-order valence-corrected chi connectivity index (χ4v) is 3.29. The molecule has 1 aliphatic rings. The van der Waals surface area contributed by atoms with E-state index in [1.165, 1.54) is 5.56 Å². The first-order valence-corrected chi connectivity index (χ1v) is 7.06. The highest BCUT2D eigenvalue weighted by Crippen LogP contribution is 2.42. The predicted octanol–water partition coefficient (Wildman–Crippen LogP) is 2.18. The maximum atomic E-state index is 6.00. The van der Waals surface area contributed by atoms with E-state index >= 15 is 0 Å².